The molecule has 1 aromatic rings. The molecule has 21 heavy (non-hydrogen) atoms. The van der Waals surface area contributed by atoms with Crippen LogP contribution in [-0.2, 0) is 14.8 Å². The zero-order valence-corrected chi connectivity index (χ0v) is 11.9. The molecule has 0 spiro atoms. The molecule has 0 aromatic heterocycles. The molecule has 0 aliphatic carbocycles. The SMILES string of the molecule is O=C=NC1CCCCCN1S(=O)(=O)c1ccc(F)cc1F. The summed E-state index contributed by atoms with van der Waals surface area (Å²) >= 11 is 0. The van der Waals surface area contributed by atoms with Gasteiger partial charge in [0, 0.05) is 12.6 Å². The van der Waals surface area contributed by atoms with E-state index in [1.165, 1.54) is 6.08 Å². The summed E-state index contributed by atoms with van der Waals surface area (Å²) in [5.74, 6) is -2.02. The van der Waals surface area contributed by atoms with Gasteiger partial charge in [-0.15, -0.1) is 0 Å². The summed E-state index contributed by atoms with van der Waals surface area (Å²) < 4.78 is 52.7. The molecule has 0 bridgehead atoms. The maximum atomic E-state index is 13.8. The van der Waals surface area contributed by atoms with Gasteiger partial charge in [-0.1, -0.05) is 6.42 Å². The summed E-state index contributed by atoms with van der Waals surface area (Å²) in [6.07, 6.45) is 2.94. The molecule has 1 aromatic carbocycles. The highest BCUT2D eigenvalue weighted by Crippen LogP contribution is 2.27. The number of halogens is 2. The Hall–Kier alpha value is -1.63. The first kappa shape index (κ1) is 15.8. The van der Waals surface area contributed by atoms with E-state index in [2.05, 4.69) is 4.99 Å². The molecule has 114 valence electrons. The van der Waals surface area contributed by atoms with Crippen molar-refractivity contribution in [3.8, 4) is 0 Å². The van der Waals surface area contributed by atoms with Crippen LogP contribution in [-0.4, -0.2) is 31.5 Å². The number of rotatable bonds is 3. The van der Waals surface area contributed by atoms with Crippen LogP contribution in [0.1, 0.15) is 25.7 Å². The second-order valence-electron chi connectivity index (χ2n) is 4.74. The number of hydrogen-bond donors (Lipinski definition) is 0. The third-order valence-corrected chi connectivity index (χ3v) is 5.29. The summed E-state index contributed by atoms with van der Waals surface area (Å²) in [6, 6.07) is 2.28. The van der Waals surface area contributed by atoms with Crippen molar-refractivity contribution in [1.82, 2.24) is 4.31 Å². The van der Waals surface area contributed by atoms with E-state index < -0.39 is 32.7 Å². The van der Waals surface area contributed by atoms with Gasteiger partial charge in [-0.05, 0) is 31.4 Å². The van der Waals surface area contributed by atoms with Crippen molar-refractivity contribution >= 4 is 16.1 Å². The zero-order chi connectivity index (χ0) is 15.5. The van der Waals surface area contributed by atoms with E-state index in [1.807, 2.05) is 0 Å². The van der Waals surface area contributed by atoms with Crippen molar-refractivity contribution in [2.24, 2.45) is 4.99 Å². The maximum Gasteiger partial charge on any atom is 0.247 e. The fraction of sp³-hybridized carbons (Fsp3) is 0.462. The van der Waals surface area contributed by atoms with Crippen molar-refractivity contribution in [3.05, 3.63) is 29.8 Å². The normalized spacial score (nSPS) is 20.6. The van der Waals surface area contributed by atoms with Gasteiger partial charge in [0.2, 0.25) is 16.1 Å². The number of aliphatic imine (C=N–C) groups is 1. The molecule has 1 saturated heterocycles. The molecule has 8 heteroatoms. The van der Waals surface area contributed by atoms with Crippen molar-refractivity contribution in [2.75, 3.05) is 6.54 Å². The molecule has 0 saturated carbocycles. The Balaban J connectivity index is 2.46. The van der Waals surface area contributed by atoms with E-state index in [1.54, 1.807) is 0 Å². The Bertz CT molecular complexity index is 672. The molecule has 5 nitrogen and oxygen atoms in total. The van der Waals surface area contributed by atoms with Gasteiger partial charge < -0.3 is 0 Å². The van der Waals surface area contributed by atoms with E-state index in [0.29, 0.717) is 25.3 Å². The summed E-state index contributed by atoms with van der Waals surface area (Å²) in [5, 5.41) is 0. The lowest BCUT2D eigenvalue weighted by Crippen LogP contribution is -2.39. The lowest BCUT2D eigenvalue weighted by molar-refractivity contribution is 0.329. The van der Waals surface area contributed by atoms with Crippen LogP contribution in [0.25, 0.3) is 0 Å². The van der Waals surface area contributed by atoms with Gasteiger partial charge >= 0.3 is 0 Å². The number of hydrogen-bond acceptors (Lipinski definition) is 4. The fourth-order valence-electron chi connectivity index (χ4n) is 2.35. The average molecular weight is 316 g/mol. The Morgan fingerprint density at radius 1 is 1.24 bits per heavy atom. The van der Waals surface area contributed by atoms with Crippen LogP contribution < -0.4 is 0 Å². The van der Waals surface area contributed by atoms with Gasteiger partial charge in [-0.3, -0.25) is 0 Å². The van der Waals surface area contributed by atoms with Crippen LogP contribution in [0.15, 0.2) is 28.1 Å². The Labute approximate surface area is 121 Å². The van der Waals surface area contributed by atoms with Gasteiger partial charge in [-0.2, -0.15) is 9.30 Å². The highest BCUT2D eigenvalue weighted by atomic mass is 32.2. The third kappa shape index (κ3) is 3.34. The van der Waals surface area contributed by atoms with E-state index in [9.17, 15) is 22.0 Å². The molecule has 1 aliphatic heterocycles. The maximum absolute atomic E-state index is 13.8. The first-order valence-electron chi connectivity index (χ1n) is 6.50. The third-order valence-electron chi connectivity index (χ3n) is 3.36. The molecular formula is C13H14F2N2O3S. The van der Waals surface area contributed by atoms with Crippen molar-refractivity contribution in [2.45, 2.75) is 36.7 Å². The summed E-state index contributed by atoms with van der Waals surface area (Å²) in [4.78, 5) is 13.4. The van der Waals surface area contributed by atoms with Gasteiger partial charge in [0.15, 0.2) is 0 Å². The molecule has 0 amide bonds. The standard InChI is InChI=1S/C13H14F2N2O3S/c14-10-5-6-12(11(15)8-10)21(19,20)17-7-3-1-2-4-13(17)16-9-18/h5-6,8,13H,1-4,7H2. The van der Waals surface area contributed by atoms with E-state index in [0.717, 1.165) is 22.9 Å². The summed E-state index contributed by atoms with van der Waals surface area (Å²) in [7, 11) is -4.19. The van der Waals surface area contributed by atoms with Gasteiger partial charge in [0.05, 0.1) is 0 Å². The molecule has 1 heterocycles. The van der Waals surface area contributed by atoms with Gasteiger partial charge in [0.1, 0.15) is 22.7 Å². The van der Waals surface area contributed by atoms with Crippen LogP contribution in [0.5, 0.6) is 0 Å². The average Bonchev–Trinajstić information content (AvgIpc) is 2.64. The van der Waals surface area contributed by atoms with E-state index in [4.69, 9.17) is 0 Å². The summed E-state index contributed by atoms with van der Waals surface area (Å²) in [6.45, 7) is 0.134. The first-order chi connectivity index (χ1) is 9.96. The van der Waals surface area contributed by atoms with Crippen molar-refractivity contribution in [1.29, 1.82) is 0 Å². The quantitative estimate of drug-likeness (QED) is 0.634. The minimum atomic E-state index is -4.19. The first-order valence-corrected chi connectivity index (χ1v) is 7.94. The number of nitrogens with zero attached hydrogens (tertiary/aromatic N) is 2. The highest BCUT2D eigenvalue weighted by Gasteiger charge is 2.34. The van der Waals surface area contributed by atoms with E-state index >= 15 is 0 Å². The van der Waals surface area contributed by atoms with Crippen molar-refractivity contribution in [3.63, 3.8) is 0 Å². The van der Waals surface area contributed by atoms with Gasteiger partial charge in [0.25, 0.3) is 0 Å². The largest absolute Gasteiger partial charge is 0.247 e. The molecule has 1 atom stereocenters. The monoisotopic (exact) mass is 316 g/mol. The molecule has 0 N–H and O–H groups in total. The van der Waals surface area contributed by atoms with E-state index in [-0.39, 0.29) is 6.54 Å². The Morgan fingerprint density at radius 3 is 2.67 bits per heavy atom. The molecule has 0 radical (unpaired) electrons. The second-order valence-corrected chi connectivity index (χ2v) is 6.60. The minimum absolute atomic E-state index is 0.134. The second kappa shape index (κ2) is 6.43. The molecule has 1 fully saturated rings. The summed E-state index contributed by atoms with van der Waals surface area (Å²) in [5.41, 5.74) is 0. The fourth-order valence-corrected chi connectivity index (χ4v) is 3.99. The smallest absolute Gasteiger partial charge is 0.211 e. The number of benzene rings is 1. The lowest BCUT2D eigenvalue weighted by Gasteiger charge is -2.25. The predicted octanol–water partition coefficient (Wildman–Crippen LogP) is 2.19. The molecule has 1 unspecified atom stereocenters. The van der Waals surface area contributed by atoms with Gasteiger partial charge in [-0.25, -0.2) is 22.0 Å². The van der Waals surface area contributed by atoms with Crippen LogP contribution in [0.4, 0.5) is 8.78 Å². The number of carbonyl (C=O) groups excluding carboxylic acids is 1. The van der Waals surface area contributed by atoms with Crippen LogP contribution >= 0.6 is 0 Å². The minimum Gasteiger partial charge on any atom is -0.211 e. The topological polar surface area (TPSA) is 66.8 Å². The predicted molar refractivity (Wildman–Crippen MR) is 70.6 cm³/mol. The Morgan fingerprint density at radius 2 is 2.00 bits per heavy atom. The zero-order valence-electron chi connectivity index (χ0n) is 11.1. The molecule has 2 rings (SSSR count). The molecule has 1 aliphatic rings. The van der Waals surface area contributed by atoms with Crippen molar-refractivity contribution < 1.29 is 22.0 Å². The number of sulfonamides is 1. The Kier molecular flexibility index (Phi) is 4.82. The molecular weight excluding hydrogens is 302 g/mol. The lowest BCUT2D eigenvalue weighted by atomic mass is 10.2. The number of isocyanates is 1. The van der Waals surface area contributed by atoms with Crippen LogP contribution in [0, 0.1) is 11.6 Å². The van der Waals surface area contributed by atoms with Crippen LogP contribution in [0.2, 0.25) is 0 Å². The highest BCUT2D eigenvalue weighted by molar-refractivity contribution is 7.89. The van der Waals surface area contributed by atoms with Crippen LogP contribution in [0.3, 0.4) is 0 Å².